The van der Waals surface area contributed by atoms with E-state index in [1.807, 2.05) is 19.9 Å². The number of nitrogens with one attached hydrogen (secondary N) is 1. The van der Waals surface area contributed by atoms with Crippen LogP contribution in [-0.2, 0) is 9.53 Å². The van der Waals surface area contributed by atoms with E-state index in [0.29, 0.717) is 16.5 Å². The first-order valence-corrected chi connectivity index (χ1v) is 9.95. The lowest BCUT2D eigenvalue weighted by Gasteiger charge is -2.16. The zero-order valence-electron chi connectivity index (χ0n) is 18.1. The first-order valence-electron chi connectivity index (χ1n) is 9.95. The molecule has 1 amide bonds. The number of aromatic nitrogens is 1. The highest BCUT2D eigenvalue weighted by Crippen LogP contribution is 2.29. The Morgan fingerprint density at radius 1 is 1.09 bits per heavy atom. The first kappa shape index (κ1) is 22.7. The molecule has 0 aliphatic heterocycles. The minimum absolute atomic E-state index is 0.0276. The number of hydrogen-bond donors (Lipinski definition) is 1. The van der Waals surface area contributed by atoms with Crippen molar-refractivity contribution in [1.82, 2.24) is 4.98 Å². The fourth-order valence-electron chi connectivity index (χ4n) is 3.07. The summed E-state index contributed by atoms with van der Waals surface area (Å²) in [5, 5.41) is 14.4. The number of methoxy groups -OCH3 is 1. The lowest BCUT2D eigenvalue weighted by atomic mass is 10.0. The Hall–Kier alpha value is -4.01. The molecule has 0 aliphatic rings. The van der Waals surface area contributed by atoms with E-state index < -0.39 is 22.9 Å². The van der Waals surface area contributed by atoms with Gasteiger partial charge in [0.25, 0.3) is 11.6 Å². The third-order valence-corrected chi connectivity index (χ3v) is 4.86. The number of para-hydroxylation sites is 1. The van der Waals surface area contributed by atoms with Gasteiger partial charge in [0.15, 0.2) is 6.10 Å². The molecular formula is C23H23N3O6. The van der Waals surface area contributed by atoms with Crippen molar-refractivity contribution < 1.29 is 24.0 Å². The van der Waals surface area contributed by atoms with Gasteiger partial charge in [0, 0.05) is 11.1 Å². The SMILES string of the molecule is COc1ccc(NC(=O)C(C)OC(=O)c2cc(C(C)C)nc3ccccc23)c([N+](=O)[O-])c1. The minimum atomic E-state index is -1.20. The highest BCUT2D eigenvalue weighted by atomic mass is 16.6. The van der Waals surface area contributed by atoms with E-state index in [-0.39, 0.29) is 23.0 Å². The van der Waals surface area contributed by atoms with Crippen molar-refractivity contribution in [1.29, 1.82) is 0 Å². The maximum absolute atomic E-state index is 12.9. The first-order chi connectivity index (χ1) is 15.2. The Labute approximate surface area is 184 Å². The molecule has 1 unspecified atom stereocenters. The van der Waals surface area contributed by atoms with Crippen molar-refractivity contribution in [2.75, 3.05) is 12.4 Å². The van der Waals surface area contributed by atoms with Crippen LogP contribution in [-0.4, -0.2) is 35.0 Å². The summed E-state index contributed by atoms with van der Waals surface area (Å²) in [6, 6.07) is 12.9. The molecule has 1 atom stereocenters. The number of ether oxygens (including phenoxy) is 2. The molecule has 2 aromatic carbocycles. The summed E-state index contributed by atoms with van der Waals surface area (Å²) in [5.74, 6) is -1.02. The molecule has 9 heteroatoms. The van der Waals surface area contributed by atoms with E-state index in [1.165, 1.54) is 32.2 Å². The lowest BCUT2D eigenvalue weighted by molar-refractivity contribution is -0.384. The smallest absolute Gasteiger partial charge is 0.339 e. The van der Waals surface area contributed by atoms with Crippen molar-refractivity contribution in [3.63, 3.8) is 0 Å². The van der Waals surface area contributed by atoms with Crippen LogP contribution in [0.5, 0.6) is 5.75 Å². The zero-order valence-corrected chi connectivity index (χ0v) is 18.1. The van der Waals surface area contributed by atoms with Crippen LogP contribution in [0.4, 0.5) is 11.4 Å². The third-order valence-electron chi connectivity index (χ3n) is 4.86. The number of anilines is 1. The number of hydrogen-bond acceptors (Lipinski definition) is 7. The number of nitrogens with zero attached hydrogens (tertiary/aromatic N) is 2. The Balaban J connectivity index is 1.82. The highest BCUT2D eigenvalue weighted by molar-refractivity contribution is 6.05. The summed E-state index contributed by atoms with van der Waals surface area (Å²) in [4.78, 5) is 40.8. The summed E-state index contributed by atoms with van der Waals surface area (Å²) < 4.78 is 10.4. The molecule has 1 aromatic heterocycles. The average molecular weight is 437 g/mol. The van der Waals surface area contributed by atoms with Gasteiger partial charge in [0.2, 0.25) is 0 Å². The monoisotopic (exact) mass is 437 g/mol. The summed E-state index contributed by atoms with van der Waals surface area (Å²) in [6.45, 7) is 5.32. The molecule has 0 fully saturated rings. The van der Waals surface area contributed by atoms with Crippen LogP contribution < -0.4 is 10.1 Å². The number of carbonyl (C=O) groups excluding carboxylic acids is 2. The molecule has 0 saturated heterocycles. The quantitative estimate of drug-likeness (QED) is 0.329. The second-order valence-electron chi connectivity index (χ2n) is 7.44. The maximum atomic E-state index is 12.9. The van der Waals surface area contributed by atoms with Crippen LogP contribution in [0.25, 0.3) is 10.9 Å². The molecule has 166 valence electrons. The normalized spacial score (nSPS) is 11.8. The Bertz CT molecular complexity index is 1190. The Morgan fingerprint density at radius 3 is 2.47 bits per heavy atom. The minimum Gasteiger partial charge on any atom is -0.496 e. The standard InChI is InChI=1S/C23H23N3O6/c1-13(2)20-12-17(16-7-5-6-8-18(16)24-20)23(28)32-14(3)22(27)25-19-10-9-15(31-4)11-21(19)26(29)30/h5-14H,1-4H3,(H,25,27). The zero-order chi connectivity index (χ0) is 23.4. The van der Waals surface area contributed by atoms with E-state index >= 15 is 0 Å². The highest BCUT2D eigenvalue weighted by Gasteiger charge is 2.24. The molecule has 0 saturated carbocycles. The van der Waals surface area contributed by atoms with Crippen LogP contribution in [0, 0.1) is 10.1 Å². The molecular weight excluding hydrogens is 414 g/mol. The van der Waals surface area contributed by atoms with Crippen LogP contribution >= 0.6 is 0 Å². The van der Waals surface area contributed by atoms with E-state index in [1.54, 1.807) is 24.3 Å². The van der Waals surface area contributed by atoms with Crippen molar-refractivity contribution in [3.8, 4) is 5.75 Å². The third kappa shape index (κ3) is 4.83. The molecule has 3 aromatic rings. The predicted octanol–water partition coefficient (Wildman–Crippen LogP) is 4.46. The van der Waals surface area contributed by atoms with Gasteiger partial charge < -0.3 is 14.8 Å². The van der Waals surface area contributed by atoms with Gasteiger partial charge in [-0.1, -0.05) is 32.0 Å². The lowest BCUT2D eigenvalue weighted by Crippen LogP contribution is -2.30. The van der Waals surface area contributed by atoms with Crippen LogP contribution in [0.1, 0.15) is 42.7 Å². The molecule has 3 rings (SSSR count). The van der Waals surface area contributed by atoms with Crippen molar-refractivity contribution >= 4 is 34.2 Å². The number of benzene rings is 2. The molecule has 0 spiro atoms. The second kappa shape index (κ2) is 9.42. The van der Waals surface area contributed by atoms with E-state index in [4.69, 9.17) is 9.47 Å². The van der Waals surface area contributed by atoms with E-state index in [9.17, 15) is 19.7 Å². The second-order valence-corrected chi connectivity index (χ2v) is 7.44. The van der Waals surface area contributed by atoms with Crippen molar-refractivity contribution in [2.45, 2.75) is 32.8 Å². The molecule has 0 aliphatic carbocycles. The summed E-state index contributed by atoms with van der Waals surface area (Å²) in [7, 11) is 1.38. The Morgan fingerprint density at radius 2 is 1.81 bits per heavy atom. The predicted molar refractivity (Wildman–Crippen MR) is 119 cm³/mol. The number of pyridine rings is 1. The van der Waals surface area contributed by atoms with Gasteiger partial charge in [0.05, 0.1) is 29.2 Å². The van der Waals surface area contributed by atoms with Gasteiger partial charge in [-0.05, 0) is 37.1 Å². The van der Waals surface area contributed by atoms with Gasteiger partial charge in [-0.2, -0.15) is 0 Å². The number of nitro groups is 1. The number of rotatable bonds is 7. The number of esters is 1. The maximum Gasteiger partial charge on any atom is 0.339 e. The topological polar surface area (TPSA) is 121 Å². The molecule has 0 bridgehead atoms. The summed E-state index contributed by atoms with van der Waals surface area (Å²) >= 11 is 0. The summed E-state index contributed by atoms with van der Waals surface area (Å²) in [5.41, 5.74) is 1.31. The van der Waals surface area contributed by atoms with E-state index in [2.05, 4.69) is 10.3 Å². The fourth-order valence-corrected chi connectivity index (χ4v) is 3.07. The fraction of sp³-hybridized carbons (Fsp3) is 0.261. The molecule has 32 heavy (non-hydrogen) atoms. The average Bonchev–Trinajstić information content (AvgIpc) is 2.78. The Kier molecular flexibility index (Phi) is 6.67. The van der Waals surface area contributed by atoms with Crippen LogP contribution in [0.2, 0.25) is 0 Å². The van der Waals surface area contributed by atoms with Crippen molar-refractivity contribution in [2.24, 2.45) is 0 Å². The van der Waals surface area contributed by atoms with Gasteiger partial charge in [-0.15, -0.1) is 0 Å². The van der Waals surface area contributed by atoms with Gasteiger partial charge in [-0.3, -0.25) is 19.9 Å². The molecule has 0 radical (unpaired) electrons. The van der Waals surface area contributed by atoms with Crippen LogP contribution in [0.15, 0.2) is 48.5 Å². The number of nitro benzene ring substituents is 1. The van der Waals surface area contributed by atoms with Crippen LogP contribution in [0.3, 0.4) is 0 Å². The van der Waals surface area contributed by atoms with Gasteiger partial charge in [-0.25, -0.2) is 4.79 Å². The van der Waals surface area contributed by atoms with E-state index in [0.717, 1.165) is 5.69 Å². The van der Waals surface area contributed by atoms with Crippen molar-refractivity contribution in [3.05, 3.63) is 69.9 Å². The number of carbonyl (C=O) groups is 2. The number of fused-ring (bicyclic) bond motifs is 1. The molecule has 9 nitrogen and oxygen atoms in total. The van der Waals surface area contributed by atoms with Gasteiger partial charge in [0.1, 0.15) is 11.4 Å². The number of amides is 1. The molecule has 1 N–H and O–H groups in total. The molecule has 1 heterocycles. The van der Waals surface area contributed by atoms with Gasteiger partial charge >= 0.3 is 5.97 Å². The largest absolute Gasteiger partial charge is 0.496 e. The summed E-state index contributed by atoms with van der Waals surface area (Å²) in [6.07, 6.45) is -1.20.